The number of hydrogen-bond donors (Lipinski definition) is 3. The quantitative estimate of drug-likeness (QED) is 0.497. The van der Waals surface area contributed by atoms with Gasteiger partial charge >= 0.3 is 12.1 Å². The molecule has 0 saturated carbocycles. The fourth-order valence-electron chi connectivity index (χ4n) is 4.56. The van der Waals surface area contributed by atoms with Crippen LogP contribution in [0, 0.1) is 5.41 Å². The molecule has 0 radical (unpaired) electrons. The standard InChI is InChI=1S/C27H34N2O5/c1-5-23(25(32)28-17(14-24(30)31)15-27(2,3)4)29-26(33)34-16-22-20-12-8-6-10-18(20)19-11-7-9-13-21(19)22/h6-13,17,22-23H,5,14-16H2,1-4H3,(H,28,32)(H,29,33)(H,30,31)/t17?,23-/m0/s1. The van der Waals surface area contributed by atoms with Crippen LogP contribution in [0.2, 0.25) is 0 Å². The lowest BCUT2D eigenvalue weighted by Gasteiger charge is -2.27. The van der Waals surface area contributed by atoms with Crippen LogP contribution in [-0.2, 0) is 14.3 Å². The zero-order chi connectivity index (χ0) is 24.9. The third kappa shape index (κ3) is 6.37. The van der Waals surface area contributed by atoms with Crippen LogP contribution in [0.4, 0.5) is 4.79 Å². The van der Waals surface area contributed by atoms with Crippen LogP contribution in [-0.4, -0.2) is 41.8 Å². The number of amides is 2. The molecule has 2 aromatic rings. The Morgan fingerprint density at radius 2 is 1.53 bits per heavy atom. The van der Waals surface area contributed by atoms with Crippen molar-refractivity contribution >= 4 is 18.0 Å². The Balaban J connectivity index is 1.61. The van der Waals surface area contributed by atoms with E-state index in [2.05, 4.69) is 22.8 Å². The molecule has 1 aliphatic carbocycles. The minimum Gasteiger partial charge on any atom is -0.481 e. The van der Waals surface area contributed by atoms with Crippen molar-refractivity contribution in [3.63, 3.8) is 0 Å². The Bertz CT molecular complexity index is 998. The summed E-state index contributed by atoms with van der Waals surface area (Å²) in [4.78, 5) is 36.6. The first-order chi connectivity index (χ1) is 16.1. The van der Waals surface area contributed by atoms with Gasteiger partial charge in [-0.1, -0.05) is 76.2 Å². The first kappa shape index (κ1) is 25.3. The Morgan fingerprint density at radius 1 is 0.971 bits per heavy atom. The first-order valence-corrected chi connectivity index (χ1v) is 11.7. The third-order valence-electron chi connectivity index (χ3n) is 5.99. The lowest BCUT2D eigenvalue weighted by Crippen LogP contribution is -2.50. The van der Waals surface area contributed by atoms with E-state index in [1.54, 1.807) is 6.92 Å². The van der Waals surface area contributed by atoms with Crippen LogP contribution >= 0.6 is 0 Å². The number of rotatable bonds is 9. The van der Waals surface area contributed by atoms with E-state index in [9.17, 15) is 19.5 Å². The van der Waals surface area contributed by atoms with Gasteiger partial charge in [0.15, 0.2) is 0 Å². The Hall–Kier alpha value is -3.35. The number of aliphatic carboxylic acids is 1. The number of carboxylic acid groups (broad SMARTS) is 1. The van der Waals surface area contributed by atoms with E-state index in [1.807, 2.05) is 57.2 Å². The maximum absolute atomic E-state index is 12.8. The summed E-state index contributed by atoms with van der Waals surface area (Å²) in [6, 6.07) is 14.8. The molecule has 2 aromatic carbocycles. The fourth-order valence-corrected chi connectivity index (χ4v) is 4.56. The molecule has 182 valence electrons. The summed E-state index contributed by atoms with van der Waals surface area (Å²) in [5, 5.41) is 14.6. The average molecular weight is 467 g/mol. The summed E-state index contributed by atoms with van der Waals surface area (Å²) < 4.78 is 5.55. The number of fused-ring (bicyclic) bond motifs is 3. The van der Waals surface area contributed by atoms with Crippen molar-refractivity contribution in [1.29, 1.82) is 0 Å². The fraction of sp³-hybridized carbons (Fsp3) is 0.444. The van der Waals surface area contributed by atoms with Gasteiger partial charge in [-0.05, 0) is 40.5 Å². The van der Waals surface area contributed by atoms with E-state index in [4.69, 9.17) is 4.74 Å². The molecule has 0 aromatic heterocycles. The molecule has 34 heavy (non-hydrogen) atoms. The van der Waals surface area contributed by atoms with Gasteiger partial charge in [-0.3, -0.25) is 9.59 Å². The summed E-state index contributed by atoms with van der Waals surface area (Å²) in [5.41, 5.74) is 4.34. The lowest BCUT2D eigenvalue weighted by atomic mass is 9.87. The molecule has 2 amide bonds. The summed E-state index contributed by atoms with van der Waals surface area (Å²) in [6.07, 6.45) is 0.0109. The number of nitrogens with one attached hydrogen (secondary N) is 2. The van der Waals surface area contributed by atoms with Crippen LogP contribution in [0.1, 0.15) is 64.0 Å². The molecule has 0 heterocycles. The van der Waals surface area contributed by atoms with Crippen molar-refractivity contribution < 1.29 is 24.2 Å². The van der Waals surface area contributed by atoms with Crippen LogP contribution in [0.3, 0.4) is 0 Å². The number of ether oxygens (including phenoxy) is 1. The maximum atomic E-state index is 12.8. The molecule has 7 nitrogen and oxygen atoms in total. The van der Waals surface area contributed by atoms with Crippen molar-refractivity contribution in [2.24, 2.45) is 5.41 Å². The van der Waals surface area contributed by atoms with Gasteiger partial charge in [-0.15, -0.1) is 0 Å². The highest BCUT2D eigenvalue weighted by atomic mass is 16.5. The molecule has 3 N–H and O–H groups in total. The van der Waals surface area contributed by atoms with E-state index >= 15 is 0 Å². The lowest BCUT2D eigenvalue weighted by molar-refractivity contribution is -0.138. The zero-order valence-corrected chi connectivity index (χ0v) is 20.3. The molecule has 0 saturated heterocycles. The van der Waals surface area contributed by atoms with Crippen molar-refractivity contribution in [1.82, 2.24) is 10.6 Å². The number of benzene rings is 2. The van der Waals surface area contributed by atoms with Gasteiger partial charge < -0.3 is 20.5 Å². The summed E-state index contributed by atoms with van der Waals surface area (Å²) in [6.45, 7) is 7.90. The van der Waals surface area contributed by atoms with Crippen molar-refractivity contribution in [2.45, 2.75) is 65.0 Å². The normalized spacial score (nSPS) is 14.5. The SMILES string of the molecule is CC[C@H](NC(=O)OCC1c2ccccc2-c2ccccc21)C(=O)NC(CC(=O)O)CC(C)(C)C. The second-order valence-corrected chi connectivity index (χ2v) is 10.00. The molecular formula is C27H34N2O5. The minimum atomic E-state index is -0.980. The Kier molecular flexibility index (Phi) is 7.97. The van der Waals surface area contributed by atoms with Gasteiger partial charge in [-0.2, -0.15) is 0 Å². The molecule has 3 rings (SSSR count). The summed E-state index contributed by atoms with van der Waals surface area (Å²) in [7, 11) is 0. The number of alkyl carbamates (subject to hydrolysis) is 1. The highest BCUT2D eigenvalue weighted by Crippen LogP contribution is 2.44. The van der Waals surface area contributed by atoms with E-state index < -0.39 is 30.1 Å². The molecule has 0 fully saturated rings. The van der Waals surface area contributed by atoms with Gasteiger partial charge in [-0.25, -0.2) is 4.79 Å². The van der Waals surface area contributed by atoms with Crippen LogP contribution in [0.5, 0.6) is 0 Å². The highest BCUT2D eigenvalue weighted by Gasteiger charge is 2.30. The minimum absolute atomic E-state index is 0.0706. The Morgan fingerprint density at radius 3 is 2.03 bits per heavy atom. The zero-order valence-electron chi connectivity index (χ0n) is 20.3. The molecule has 0 bridgehead atoms. The van der Waals surface area contributed by atoms with Gasteiger partial charge in [0.1, 0.15) is 12.6 Å². The second kappa shape index (κ2) is 10.7. The average Bonchev–Trinajstić information content (AvgIpc) is 3.08. The van der Waals surface area contributed by atoms with E-state index in [-0.39, 0.29) is 24.4 Å². The molecular weight excluding hydrogens is 432 g/mol. The first-order valence-electron chi connectivity index (χ1n) is 11.7. The highest BCUT2D eigenvalue weighted by molar-refractivity contribution is 5.86. The topological polar surface area (TPSA) is 105 Å². The van der Waals surface area contributed by atoms with Crippen LogP contribution < -0.4 is 10.6 Å². The molecule has 2 atom stereocenters. The van der Waals surface area contributed by atoms with Gasteiger partial charge in [0.05, 0.1) is 6.42 Å². The predicted octanol–water partition coefficient (Wildman–Crippen LogP) is 4.70. The van der Waals surface area contributed by atoms with Crippen molar-refractivity contribution in [3.05, 3.63) is 59.7 Å². The van der Waals surface area contributed by atoms with Gasteiger partial charge in [0.25, 0.3) is 0 Å². The Labute approximate surface area is 200 Å². The summed E-state index contributed by atoms with van der Waals surface area (Å²) >= 11 is 0. The second-order valence-electron chi connectivity index (χ2n) is 10.00. The number of carboxylic acids is 1. The molecule has 0 aliphatic heterocycles. The van der Waals surface area contributed by atoms with Gasteiger partial charge in [0.2, 0.25) is 5.91 Å². The summed E-state index contributed by atoms with van der Waals surface area (Å²) in [5.74, 6) is -1.46. The monoisotopic (exact) mass is 466 g/mol. The van der Waals surface area contributed by atoms with Crippen LogP contribution in [0.15, 0.2) is 48.5 Å². The largest absolute Gasteiger partial charge is 0.481 e. The molecule has 1 aliphatic rings. The van der Waals surface area contributed by atoms with E-state index in [1.165, 1.54) is 0 Å². The third-order valence-corrected chi connectivity index (χ3v) is 5.99. The molecule has 1 unspecified atom stereocenters. The molecule has 7 heteroatoms. The van der Waals surface area contributed by atoms with E-state index in [0.29, 0.717) is 12.8 Å². The number of hydrogen-bond acceptors (Lipinski definition) is 4. The predicted molar refractivity (Wildman–Crippen MR) is 131 cm³/mol. The number of carbonyl (C=O) groups is 3. The number of carbonyl (C=O) groups excluding carboxylic acids is 2. The van der Waals surface area contributed by atoms with E-state index in [0.717, 1.165) is 22.3 Å². The van der Waals surface area contributed by atoms with Crippen LogP contribution in [0.25, 0.3) is 11.1 Å². The van der Waals surface area contributed by atoms with Crippen molar-refractivity contribution in [3.8, 4) is 11.1 Å². The molecule has 0 spiro atoms. The smallest absolute Gasteiger partial charge is 0.407 e. The maximum Gasteiger partial charge on any atom is 0.407 e. The van der Waals surface area contributed by atoms with Gasteiger partial charge in [0, 0.05) is 12.0 Å². The van der Waals surface area contributed by atoms with Crippen molar-refractivity contribution in [2.75, 3.05) is 6.61 Å².